The van der Waals surface area contributed by atoms with Crippen molar-refractivity contribution >= 4 is 39.8 Å². The summed E-state index contributed by atoms with van der Waals surface area (Å²) in [7, 11) is -1.53. The second kappa shape index (κ2) is 10.4. The number of nitrogens with one attached hydrogen (secondary N) is 2. The molecule has 2 aromatic carbocycles. The van der Waals surface area contributed by atoms with Crippen LogP contribution < -0.4 is 15.4 Å². The molecule has 0 unspecified atom stereocenters. The summed E-state index contributed by atoms with van der Waals surface area (Å²) in [5.41, 5.74) is 0.588. The van der Waals surface area contributed by atoms with Gasteiger partial charge in [-0.25, -0.2) is 12.8 Å². The second-order valence-corrected chi connectivity index (χ2v) is 9.22. The zero-order chi connectivity index (χ0) is 20.9. The Labute approximate surface area is 194 Å². The van der Waals surface area contributed by atoms with Crippen molar-refractivity contribution < 1.29 is 17.5 Å². The minimum absolute atomic E-state index is 0. The molecule has 2 aromatic rings. The lowest BCUT2D eigenvalue weighted by molar-refractivity contribution is 0.321. The summed E-state index contributed by atoms with van der Waals surface area (Å²) in [6, 6.07) is 13.2. The van der Waals surface area contributed by atoms with Crippen molar-refractivity contribution in [1.29, 1.82) is 0 Å². The molecule has 0 saturated heterocycles. The summed E-state index contributed by atoms with van der Waals surface area (Å²) >= 11 is 0. The maximum Gasteiger partial charge on any atom is 0.191 e. The number of ether oxygens (including phenoxy) is 1. The van der Waals surface area contributed by atoms with Crippen LogP contribution in [0.15, 0.2) is 58.4 Å². The van der Waals surface area contributed by atoms with Crippen LogP contribution in [0.3, 0.4) is 0 Å². The molecule has 2 N–H and O–H groups in total. The van der Waals surface area contributed by atoms with E-state index in [1.807, 2.05) is 12.1 Å². The number of nitrogens with zero attached hydrogens (tertiary/aromatic N) is 1. The van der Waals surface area contributed by atoms with E-state index in [2.05, 4.69) is 15.6 Å². The monoisotopic (exact) mass is 547 g/mol. The first-order chi connectivity index (χ1) is 13.8. The Balaban J connectivity index is 0.00000320. The molecule has 1 aliphatic carbocycles. The predicted octanol–water partition coefficient (Wildman–Crippen LogP) is 3.12. The largest absolute Gasteiger partial charge is 0.492 e. The van der Waals surface area contributed by atoms with E-state index in [0.717, 1.165) is 18.4 Å². The topological polar surface area (TPSA) is 79.8 Å². The van der Waals surface area contributed by atoms with E-state index in [0.29, 0.717) is 31.4 Å². The average molecular weight is 547 g/mol. The van der Waals surface area contributed by atoms with E-state index in [1.165, 1.54) is 24.5 Å². The number of aliphatic imine (C=N–C) groups is 1. The molecule has 0 spiro atoms. The predicted molar refractivity (Wildman–Crippen MR) is 127 cm³/mol. The molecule has 30 heavy (non-hydrogen) atoms. The first-order valence-electron chi connectivity index (χ1n) is 9.46. The number of hydrogen-bond acceptors (Lipinski definition) is 4. The third-order valence-electron chi connectivity index (χ3n) is 5.03. The smallest absolute Gasteiger partial charge is 0.191 e. The third-order valence-corrected chi connectivity index (χ3v) is 6.16. The summed E-state index contributed by atoms with van der Waals surface area (Å²) in [5, 5.41) is 6.44. The quantitative estimate of drug-likeness (QED) is 0.230. The van der Waals surface area contributed by atoms with E-state index < -0.39 is 9.84 Å². The van der Waals surface area contributed by atoms with Crippen molar-refractivity contribution in [3.05, 3.63) is 59.9 Å². The number of rotatable bonds is 8. The van der Waals surface area contributed by atoms with Crippen LogP contribution in [0.1, 0.15) is 18.4 Å². The lowest BCUT2D eigenvalue weighted by Gasteiger charge is -2.19. The SMILES string of the molecule is CN=C(NCCOc1ccc(S(C)(=O)=O)cc1)NCC1(c2ccccc2F)CC1.I. The number of hydrogen-bond donors (Lipinski definition) is 2. The van der Waals surface area contributed by atoms with Gasteiger partial charge < -0.3 is 15.4 Å². The van der Waals surface area contributed by atoms with Crippen LogP contribution in [0.25, 0.3) is 0 Å². The lowest BCUT2D eigenvalue weighted by atomic mass is 9.95. The van der Waals surface area contributed by atoms with Crippen LogP contribution in [0.5, 0.6) is 5.75 Å². The fourth-order valence-electron chi connectivity index (χ4n) is 3.18. The zero-order valence-corrected chi connectivity index (χ0v) is 20.2. The van der Waals surface area contributed by atoms with Gasteiger partial charge in [-0.05, 0) is 48.7 Å². The molecular weight excluding hydrogens is 520 g/mol. The molecule has 1 fully saturated rings. The number of sulfone groups is 1. The van der Waals surface area contributed by atoms with Gasteiger partial charge in [0.2, 0.25) is 0 Å². The Hall–Kier alpha value is -1.88. The van der Waals surface area contributed by atoms with E-state index in [1.54, 1.807) is 25.2 Å². The maximum atomic E-state index is 14.1. The van der Waals surface area contributed by atoms with Crippen LogP contribution in [0.2, 0.25) is 0 Å². The third kappa shape index (κ3) is 6.31. The highest BCUT2D eigenvalue weighted by Crippen LogP contribution is 2.48. The van der Waals surface area contributed by atoms with E-state index in [9.17, 15) is 12.8 Å². The standard InChI is InChI=1S/C21H26FN3O3S.HI/c1-23-20(25-15-21(11-12-21)18-5-3-4-6-19(18)22)24-13-14-28-16-7-9-17(10-8-16)29(2,26)27;/h3-10H,11-15H2,1-2H3,(H2,23,24,25);1H. The van der Waals surface area contributed by atoms with Crippen molar-refractivity contribution in [3.63, 3.8) is 0 Å². The zero-order valence-electron chi connectivity index (χ0n) is 17.0. The molecule has 0 amide bonds. The van der Waals surface area contributed by atoms with Crippen LogP contribution in [0, 0.1) is 5.82 Å². The molecule has 6 nitrogen and oxygen atoms in total. The van der Waals surface area contributed by atoms with Gasteiger partial charge in [-0.2, -0.15) is 0 Å². The van der Waals surface area contributed by atoms with Crippen LogP contribution in [0.4, 0.5) is 4.39 Å². The number of halogens is 2. The molecule has 1 aliphatic rings. The Morgan fingerprint density at radius 1 is 1.13 bits per heavy atom. The molecule has 1 saturated carbocycles. The minimum atomic E-state index is -3.21. The van der Waals surface area contributed by atoms with Gasteiger partial charge in [0.1, 0.15) is 18.2 Å². The highest BCUT2D eigenvalue weighted by molar-refractivity contribution is 14.0. The van der Waals surface area contributed by atoms with Crippen molar-refractivity contribution in [1.82, 2.24) is 10.6 Å². The summed E-state index contributed by atoms with van der Waals surface area (Å²) < 4.78 is 42.7. The van der Waals surface area contributed by atoms with Gasteiger partial charge in [0.15, 0.2) is 15.8 Å². The molecule has 0 aliphatic heterocycles. The Bertz CT molecular complexity index is 977. The number of guanidine groups is 1. The Kier molecular flexibility index (Phi) is 8.48. The van der Waals surface area contributed by atoms with Gasteiger partial charge in [0.05, 0.1) is 11.4 Å². The maximum absolute atomic E-state index is 14.1. The van der Waals surface area contributed by atoms with Gasteiger partial charge in [0, 0.05) is 25.3 Å². The van der Waals surface area contributed by atoms with Crippen LogP contribution in [-0.2, 0) is 15.3 Å². The summed E-state index contributed by atoms with van der Waals surface area (Å²) in [4.78, 5) is 4.46. The molecule has 3 rings (SSSR count). The molecule has 0 radical (unpaired) electrons. The molecule has 0 heterocycles. The first-order valence-corrected chi connectivity index (χ1v) is 11.4. The normalized spacial score (nSPS) is 15.1. The molecule has 0 bridgehead atoms. The van der Waals surface area contributed by atoms with Crippen LogP contribution in [-0.4, -0.2) is 47.4 Å². The van der Waals surface area contributed by atoms with E-state index in [-0.39, 0.29) is 40.1 Å². The van der Waals surface area contributed by atoms with Crippen LogP contribution >= 0.6 is 24.0 Å². The lowest BCUT2D eigenvalue weighted by Crippen LogP contribution is -2.42. The average Bonchev–Trinajstić information content (AvgIpc) is 3.48. The second-order valence-electron chi connectivity index (χ2n) is 7.20. The van der Waals surface area contributed by atoms with Gasteiger partial charge >= 0.3 is 0 Å². The molecule has 9 heteroatoms. The van der Waals surface area contributed by atoms with E-state index >= 15 is 0 Å². The molecular formula is C21H27FIN3O3S. The van der Waals surface area contributed by atoms with Crippen molar-refractivity contribution in [3.8, 4) is 5.75 Å². The highest BCUT2D eigenvalue weighted by atomic mass is 127. The molecule has 164 valence electrons. The van der Waals surface area contributed by atoms with Gasteiger partial charge in [-0.1, -0.05) is 18.2 Å². The summed E-state index contributed by atoms with van der Waals surface area (Å²) in [5.74, 6) is 1.06. The van der Waals surface area contributed by atoms with Crippen molar-refractivity contribution in [2.24, 2.45) is 4.99 Å². The minimum Gasteiger partial charge on any atom is -0.492 e. The molecule has 0 aromatic heterocycles. The first kappa shape index (κ1) is 24.4. The van der Waals surface area contributed by atoms with Gasteiger partial charge in [0.25, 0.3) is 0 Å². The van der Waals surface area contributed by atoms with E-state index in [4.69, 9.17) is 4.74 Å². The fraction of sp³-hybridized carbons (Fsp3) is 0.381. The fourth-order valence-corrected chi connectivity index (χ4v) is 3.81. The highest BCUT2D eigenvalue weighted by Gasteiger charge is 2.45. The Morgan fingerprint density at radius 3 is 2.37 bits per heavy atom. The molecule has 0 atom stereocenters. The summed E-state index contributed by atoms with van der Waals surface area (Å²) in [6.07, 6.45) is 3.07. The van der Waals surface area contributed by atoms with Gasteiger partial charge in [-0.15, -0.1) is 24.0 Å². The number of benzene rings is 2. The Morgan fingerprint density at radius 2 is 1.80 bits per heavy atom. The van der Waals surface area contributed by atoms with Gasteiger partial charge in [-0.3, -0.25) is 4.99 Å². The summed E-state index contributed by atoms with van der Waals surface area (Å²) in [6.45, 7) is 1.51. The van der Waals surface area contributed by atoms with Crippen molar-refractivity contribution in [2.75, 3.05) is 33.0 Å². The van der Waals surface area contributed by atoms with Crippen molar-refractivity contribution in [2.45, 2.75) is 23.2 Å².